The number of carbonyl (C=O) groups excluding carboxylic acids is 4. The summed E-state index contributed by atoms with van der Waals surface area (Å²) in [7, 11) is 0. The van der Waals surface area contributed by atoms with Crippen LogP contribution in [-0.4, -0.2) is 69.5 Å². The molecule has 2 aliphatic rings. The van der Waals surface area contributed by atoms with Crippen LogP contribution in [0.15, 0.2) is 11.3 Å². The van der Waals surface area contributed by atoms with Gasteiger partial charge in [0.2, 0.25) is 5.91 Å². The Kier molecular flexibility index (Phi) is 9.62. The summed E-state index contributed by atoms with van der Waals surface area (Å²) in [4.78, 5) is 58.4. The molecule has 0 radical (unpaired) electrons. The van der Waals surface area contributed by atoms with Crippen LogP contribution in [0.4, 0.5) is 0 Å². The van der Waals surface area contributed by atoms with Crippen LogP contribution in [0, 0.1) is 0 Å². The molecule has 13 heteroatoms. The fraction of sp³-hybridized carbons (Fsp3) is 0.562. The number of carboxylic acids is 2. The van der Waals surface area contributed by atoms with Gasteiger partial charge >= 0.3 is 41.5 Å². The summed E-state index contributed by atoms with van der Waals surface area (Å²) >= 11 is 1.23. The van der Waals surface area contributed by atoms with Crippen LogP contribution in [0.5, 0.6) is 0 Å². The number of aliphatic carboxylic acids is 2. The molecule has 2 aliphatic heterocycles. The number of esters is 1. The van der Waals surface area contributed by atoms with Crippen molar-refractivity contribution < 1.29 is 68.5 Å². The number of fused-ring (bicyclic) bond motifs is 1. The Balaban J connectivity index is 0.00000420. The van der Waals surface area contributed by atoms with E-state index < -0.39 is 47.2 Å². The topological polar surface area (TPSA) is 179 Å². The van der Waals surface area contributed by atoms with E-state index in [9.17, 15) is 29.1 Å². The molecule has 1 fully saturated rings. The van der Waals surface area contributed by atoms with Crippen molar-refractivity contribution in [1.82, 2.24) is 10.2 Å². The van der Waals surface area contributed by atoms with Gasteiger partial charge in [-0.15, -0.1) is 11.8 Å². The second kappa shape index (κ2) is 11.0. The number of nitrogens with one attached hydrogen (secondary N) is 1. The number of rotatable bonds is 9. The minimum Gasteiger partial charge on any atom is -0.543 e. The first-order valence-electron chi connectivity index (χ1n) is 8.42. The van der Waals surface area contributed by atoms with E-state index in [1.54, 1.807) is 0 Å². The number of amides is 2. The van der Waals surface area contributed by atoms with Gasteiger partial charge in [0, 0.05) is 24.7 Å². The summed E-state index contributed by atoms with van der Waals surface area (Å²) in [6.07, 6.45) is 0.338. The number of carboxylic acid groups (broad SMARTS) is 2. The maximum absolute atomic E-state index is 12.4. The summed E-state index contributed by atoms with van der Waals surface area (Å²) in [5.41, 5.74) is 5.26. The van der Waals surface area contributed by atoms with Crippen molar-refractivity contribution in [1.29, 1.82) is 0 Å². The summed E-state index contributed by atoms with van der Waals surface area (Å²) in [6, 6.07) is -1.95. The molecule has 0 aromatic heterocycles. The molecular weight excluding hydrogens is 417 g/mol. The molecule has 2 heterocycles. The fourth-order valence-corrected chi connectivity index (χ4v) is 4.15. The molecule has 2 amide bonds. The van der Waals surface area contributed by atoms with E-state index in [1.807, 2.05) is 0 Å². The van der Waals surface area contributed by atoms with Crippen LogP contribution in [0.2, 0.25) is 0 Å². The Morgan fingerprint density at radius 1 is 1.41 bits per heavy atom. The minimum atomic E-state index is -1.56. The average Bonchev–Trinajstić information content (AvgIpc) is 2.62. The number of hydrogen-bond acceptors (Lipinski definition) is 9. The van der Waals surface area contributed by atoms with Crippen molar-refractivity contribution in [3.05, 3.63) is 11.3 Å². The van der Waals surface area contributed by atoms with Gasteiger partial charge in [-0.1, -0.05) is 0 Å². The Morgan fingerprint density at radius 2 is 2.07 bits per heavy atom. The van der Waals surface area contributed by atoms with Gasteiger partial charge in [-0.05, 0) is 12.8 Å². The summed E-state index contributed by atoms with van der Waals surface area (Å²) in [5, 5.41) is 22.1. The maximum Gasteiger partial charge on any atom is 1.00 e. The number of hydrogen-bond donors (Lipinski definition) is 3. The van der Waals surface area contributed by atoms with Gasteiger partial charge in [-0.25, -0.2) is 0 Å². The van der Waals surface area contributed by atoms with Crippen molar-refractivity contribution in [2.24, 2.45) is 5.73 Å². The van der Waals surface area contributed by atoms with E-state index in [2.05, 4.69) is 5.32 Å². The van der Waals surface area contributed by atoms with Crippen molar-refractivity contribution >= 4 is 41.5 Å². The molecule has 0 saturated carbocycles. The fourth-order valence-electron chi connectivity index (χ4n) is 2.82. The van der Waals surface area contributed by atoms with Gasteiger partial charge in [0.05, 0.1) is 11.7 Å². The number of thioether (sulfide) groups is 1. The summed E-state index contributed by atoms with van der Waals surface area (Å²) < 4.78 is 4.82. The van der Waals surface area contributed by atoms with Gasteiger partial charge in [0.25, 0.3) is 5.91 Å². The molecule has 0 aliphatic carbocycles. The van der Waals surface area contributed by atoms with Gasteiger partial charge in [0.1, 0.15) is 24.1 Å². The smallest absolute Gasteiger partial charge is 0.543 e. The Morgan fingerprint density at radius 3 is 2.62 bits per heavy atom. The van der Waals surface area contributed by atoms with Gasteiger partial charge in [-0.2, -0.15) is 0 Å². The average molecular weight is 437 g/mol. The zero-order chi connectivity index (χ0) is 21.0. The molecule has 29 heavy (non-hydrogen) atoms. The molecule has 0 bridgehead atoms. The molecule has 1 saturated heterocycles. The number of nitrogens with two attached hydrogens (primary N) is 1. The van der Waals surface area contributed by atoms with Crippen molar-refractivity contribution in [3.63, 3.8) is 0 Å². The van der Waals surface area contributed by atoms with Crippen LogP contribution < -0.4 is 45.7 Å². The van der Waals surface area contributed by atoms with E-state index in [-0.39, 0.29) is 72.4 Å². The SMILES string of the molecule is CC(=O)OCC1=C(C(=O)[O-])N2C(=O)[C@@H](NC(=O)CCCC(N)C(=O)O)C2SC1.[Na+]. The second-order valence-corrected chi connectivity index (χ2v) is 7.42. The zero-order valence-corrected chi connectivity index (χ0v) is 18.8. The van der Waals surface area contributed by atoms with Crippen molar-refractivity contribution in [2.45, 2.75) is 43.6 Å². The first-order chi connectivity index (χ1) is 13.1. The molecule has 4 N–H and O–H groups in total. The summed E-state index contributed by atoms with van der Waals surface area (Å²) in [6.45, 7) is 0.921. The number of nitrogens with zero attached hydrogens (tertiary/aromatic N) is 1. The van der Waals surface area contributed by atoms with Gasteiger partial charge in [0.15, 0.2) is 0 Å². The van der Waals surface area contributed by atoms with E-state index in [1.165, 1.54) is 18.7 Å². The van der Waals surface area contributed by atoms with Crippen LogP contribution in [-0.2, 0) is 28.7 Å². The standard InChI is InChI=1S/C16H21N3O8S.Na/c1-7(20)27-5-8-6-28-14-11(13(22)19(14)12(8)16(25)26)18-10(21)4-2-3-9(17)15(23)24;/h9,11,14H,2-6,17H2,1H3,(H,18,21)(H,23,24)(H,25,26);/q;+1/p-1/t9?,11-,14?;/m1./s1. The van der Waals surface area contributed by atoms with Crippen molar-refractivity contribution in [3.8, 4) is 0 Å². The third kappa shape index (κ3) is 6.19. The van der Waals surface area contributed by atoms with E-state index in [0.29, 0.717) is 0 Å². The number of β-lactam (4-membered cyclic amide) rings is 1. The van der Waals surface area contributed by atoms with Crippen LogP contribution >= 0.6 is 11.8 Å². The first kappa shape index (κ1) is 25.4. The molecule has 2 rings (SSSR count). The quantitative estimate of drug-likeness (QED) is 0.179. The van der Waals surface area contributed by atoms with E-state index in [0.717, 1.165) is 4.90 Å². The molecule has 0 spiro atoms. The Bertz CT molecular complexity index is 744. The minimum absolute atomic E-state index is 0. The molecular formula is C16H20N3NaO8S. The number of ether oxygens (including phenoxy) is 1. The predicted molar refractivity (Wildman–Crippen MR) is 93.2 cm³/mol. The molecule has 154 valence electrons. The molecule has 3 atom stereocenters. The van der Waals surface area contributed by atoms with Crippen LogP contribution in [0.1, 0.15) is 26.2 Å². The Hall–Kier alpha value is -1.60. The first-order valence-corrected chi connectivity index (χ1v) is 9.47. The Labute approximate surface area is 192 Å². The van der Waals surface area contributed by atoms with E-state index >= 15 is 0 Å². The van der Waals surface area contributed by atoms with Crippen LogP contribution in [0.3, 0.4) is 0 Å². The maximum atomic E-state index is 12.4. The van der Waals surface area contributed by atoms with Crippen molar-refractivity contribution in [2.75, 3.05) is 12.4 Å². The second-order valence-electron chi connectivity index (χ2n) is 6.31. The summed E-state index contributed by atoms with van der Waals surface area (Å²) in [5.74, 6) is -4.17. The molecule has 2 unspecified atom stereocenters. The van der Waals surface area contributed by atoms with Gasteiger partial charge in [-0.3, -0.25) is 24.1 Å². The van der Waals surface area contributed by atoms with Gasteiger partial charge < -0.3 is 30.8 Å². The predicted octanol–water partition coefficient (Wildman–Crippen LogP) is -5.46. The normalized spacial score (nSPS) is 21.3. The largest absolute Gasteiger partial charge is 1.00 e. The molecule has 0 aromatic rings. The molecule has 0 aromatic carbocycles. The van der Waals surface area contributed by atoms with E-state index in [4.69, 9.17) is 15.6 Å². The monoisotopic (exact) mass is 437 g/mol. The third-order valence-corrected chi connectivity index (χ3v) is 5.58. The zero-order valence-electron chi connectivity index (χ0n) is 16.0. The number of carbonyl (C=O) groups is 5. The third-order valence-electron chi connectivity index (χ3n) is 4.24. The van der Waals surface area contributed by atoms with Crippen LogP contribution in [0.25, 0.3) is 0 Å². The molecule has 11 nitrogen and oxygen atoms in total.